The van der Waals surface area contributed by atoms with E-state index in [2.05, 4.69) is 15.3 Å². The molecule has 15 heavy (non-hydrogen) atoms. The van der Waals surface area contributed by atoms with Gasteiger partial charge in [0.2, 0.25) is 0 Å². The van der Waals surface area contributed by atoms with Crippen LogP contribution in [0.1, 0.15) is 23.8 Å². The number of anilines is 1. The summed E-state index contributed by atoms with van der Waals surface area (Å²) in [5.74, 6) is -0.185. The van der Waals surface area contributed by atoms with Crippen molar-refractivity contribution < 1.29 is 9.90 Å². The summed E-state index contributed by atoms with van der Waals surface area (Å²) in [4.78, 5) is 18.6. The Labute approximate surface area is 87.5 Å². The van der Waals surface area contributed by atoms with Gasteiger partial charge in [-0.05, 0) is 6.42 Å². The number of aliphatic hydroxyl groups is 1. The largest absolute Gasteiger partial charge is 0.394 e. The van der Waals surface area contributed by atoms with Crippen LogP contribution in [-0.4, -0.2) is 33.6 Å². The maximum absolute atomic E-state index is 10.8. The van der Waals surface area contributed by atoms with Gasteiger partial charge in [-0.3, -0.25) is 9.78 Å². The molecule has 0 unspecified atom stereocenters. The maximum atomic E-state index is 10.8. The Morgan fingerprint density at radius 2 is 2.40 bits per heavy atom. The van der Waals surface area contributed by atoms with E-state index in [4.69, 9.17) is 10.8 Å². The van der Waals surface area contributed by atoms with Crippen LogP contribution < -0.4 is 11.1 Å². The predicted octanol–water partition coefficient (Wildman–Crippen LogP) is -0.242. The van der Waals surface area contributed by atoms with Crippen LogP contribution in [0.15, 0.2) is 12.4 Å². The van der Waals surface area contributed by atoms with Gasteiger partial charge in [-0.25, -0.2) is 4.98 Å². The van der Waals surface area contributed by atoms with E-state index in [0.717, 1.165) is 6.42 Å². The zero-order valence-corrected chi connectivity index (χ0v) is 8.47. The summed E-state index contributed by atoms with van der Waals surface area (Å²) in [6.07, 6.45) is 3.52. The van der Waals surface area contributed by atoms with Gasteiger partial charge in [0.05, 0.1) is 25.0 Å². The molecule has 0 saturated carbocycles. The Morgan fingerprint density at radius 1 is 1.67 bits per heavy atom. The van der Waals surface area contributed by atoms with Crippen molar-refractivity contribution in [1.82, 2.24) is 9.97 Å². The van der Waals surface area contributed by atoms with Crippen molar-refractivity contribution in [3.05, 3.63) is 18.1 Å². The fourth-order valence-corrected chi connectivity index (χ4v) is 1.04. The number of hydrogen-bond donors (Lipinski definition) is 3. The van der Waals surface area contributed by atoms with E-state index in [0.29, 0.717) is 5.82 Å². The highest BCUT2D eigenvalue weighted by atomic mass is 16.3. The molecule has 82 valence electrons. The summed E-state index contributed by atoms with van der Waals surface area (Å²) >= 11 is 0. The third-order valence-electron chi connectivity index (χ3n) is 1.95. The van der Waals surface area contributed by atoms with Gasteiger partial charge in [-0.1, -0.05) is 6.92 Å². The molecule has 0 fully saturated rings. The normalized spacial score (nSPS) is 12.1. The lowest BCUT2D eigenvalue weighted by Gasteiger charge is -2.14. The Kier molecular flexibility index (Phi) is 3.99. The first-order chi connectivity index (χ1) is 7.17. The van der Waals surface area contributed by atoms with Crippen molar-refractivity contribution >= 4 is 11.7 Å². The molecule has 1 aromatic rings. The Morgan fingerprint density at radius 3 is 2.93 bits per heavy atom. The topological polar surface area (TPSA) is 101 Å². The number of rotatable bonds is 5. The minimum Gasteiger partial charge on any atom is -0.394 e. The third-order valence-corrected chi connectivity index (χ3v) is 1.95. The second-order valence-corrected chi connectivity index (χ2v) is 3.09. The van der Waals surface area contributed by atoms with Crippen LogP contribution in [0.5, 0.6) is 0 Å². The lowest BCUT2D eigenvalue weighted by atomic mass is 10.2. The average molecular weight is 210 g/mol. The highest BCUT2D eigenvalue weighted by molar-refractivity contribution is 5.90. The number of carbonyl (C=O) groups excluding carboxylic acids is 1. The first-order valence-corrected chi connectivity index (χ1v) is 4.66. The molecule has 0 saturated heterocycles. The van der Waals surface area contributed by atoms with Crippen molar-refractivity contribution in [2.24, 2.45) is 5.73 Å². The van der Waals surface area contributed by atoms with Crippen molar-refractivity contribution in [2.75, 3.05) is 11.9 Å². The minimum atomic E-state index is -0.622. The maximum Gasteiger partial charge on any atom is 0.268 e. The molecule has 6 heteroatoms. The fourth-order valence-electron chi connectivity index (χ4n) is 1.04. The van der Waals surface area contributed by atoms with Gasteiger partial charge in [0, 0.05) is 0 Å². The van der Waals surface area contributed by atoms with Crippen LogP contribution in [0, 0.1) is 0 Å². The Balaban J connectivity index is 2.77. The lowest BCUT2D eigenvalue weighted by molar-refractivity contribution is 0.0995. The van der Waals surface area contributed by atoms with Gasteiger partial charge in [-0.15, -0.1) is 0 Å². The smallest absolute Gasteiger partial charge is 0.268 e. The van der Waals surface area contributed by atoms with Gasteiger partial charge in [-0.2, -0.15) is 0 Å². The number of nitrogens with one attached hydrogen (secondary N) is 1. The van der Waals surface area contributed by atoms with Crippen LogP contribution in [-0.2, 0) is 0 Å². The zero-order valence-electron chi connectivity index (χ0n) is 8.47. The highest BCUT2D eigenvalue weighted by Crippen LogP contribution is 2.05. The summed E-state index contributed by atoms with van der Waals surface area (Å²) < 4.78 is 0. The highest BCUT2D eigenvalue weighted by Gasteiger charge is 2.07. The van der Waals surface area contributed by atoms with Crippen LogP contribution >= 0.6 is 0 Å². The SMILES string of the molecule is CC[C@@H](CO)Nc1cncc(C(N)=O)n1. The molecule has 6 nitrogen and oxygen atoms in total. The van der Waals surface area contributed by atoms with E-state index in [1.54, 1.807) is 0 Å². The van der Waals surface area contributed by atoms with Crippen LogP contribution in [0.2, 0.25) is 0 Å². The second-order valence-electron chi connectivity index (χ2n) is 3.09. The molecule has 1 rings (SSSR count). The molecule has 1 heterocycles. The molecule has 0 aromatic carbocycles. The standard InChI is InChI=1S/C9H14N4O2/c1-2-6(5-14)12-8-4-11-3-7(13-8)9(10)15/h3-4,6,14H,2,5H2,1H3,(H2,10,15)(H,12,13)/t6-/m0/s1. The van der Waals surface area contributed by atoms with Gasteiger partial charge in [0.1, 0.15) is 11.5 Å². The first-order valence-electron chi connectivity index (χ1n) is 4.66. The quantitative estimate of drug-likeness (QED) is 0.622. The number of nitrogens with two attached hydrogens (primary N) is 1. The third kappa shape index (κ3) is 3.17. The van der Waals surface area contributed by atoms with Crippen molar-refractivity contribution in [2.45, 2.75) is 19.4 Å². The number of aliphatic hydroxyl groups excluding tert-OH is 1. The predicted molar refractivity (Wildman–Crippen MR) is 55.3 cm³/mol. The first kappa shape index (κ1) is 11.4. The van der Waals surface area contributed by atoms with Crippen LogP contribution in [0.4, 0.5) is 5.82 Å². The molecule has 0 spiro atoms. The molecule has 0 radical (unpaired) electrons. The van der Waals surface area contributed by atoms with Gasteiger partial charge < -0.3 is 16.2 Å². The Hall–Kier alpha value is -1.69. The number of aromatic nitrogens is 2. The van der Waals surface area contributed by atoms with Crippen LogP contribution in [0.25, 0.3) is 0 Å². The molecule has 0 aliphatic rings. The van der Waals surface area contributed by atoms with E-state index >= 15 is 0 Å². The number of carbonyl (C=O) groups is 1. The monoisotopic (exact) mass is 210 g/mol. The molecular weight excluding hydrogens is 196 g/mol. The van der Waals surface area contributed by atoms with Crippen molar-refractivity contribution in [1.29, 1.82) is 0 Å². The Bertz CT molecular complexity index is 339. The number of hydrogen-bond acceptors (Lipinski definition) is 5. The summed E-state index contributed by atoms with van der Waals surface area (Å²) in [7, 11) is 0. The van der Waals surface area contributed by atoms with E-state index in [1.165, 1.54) is 12.4 Å². The molecule has 1 atom stereocenters. The molecule has 1 aromatic heterocycles. The van der Waals surface area contributed by atoms with E-state index in [1.807, 2.05) is 6.92 Å². The van der Waals surface area contributed by atoms with Gasteiger partial charge in [0.25, 0.3) is 5.91 Å². The summed E-state index contributed by atoms with van der Waals surface area (Å²) in [6.45, 7) is 1.93. The second kappa shape index (κ2) is 5.26. The zero-order chi connectivity index (χ0) is 11.3. The van der Waals surface area contributed by atoms with E-state index in [-0.39, 0.29) is 18.3 Å². The van der Waals surface area contributed by atoms with Gasteiger partial charge >= 0.3 is 0 Å². The van der Waals surface area contributed by atoms with E-state index in [9.17, 15) is 4.79 Å². The molecule has 0 aliphatic carbocycles. The molecule has 4 N–H and O–H groups in total. The molecule has 0 bridgehead atoms. The number of primary amides is 1. The van der Waals surface area contributed by atoms with Crippen molar-refractivity contribution in [3.8, 4) is 0 Å². The molecular formula is C9H14N4O2. The summed E-state index contributed by atoms with van der Waals surface area (Å²) in [5, 5.41) is 11.9. The van der Waals surface area contributed by atoms with Crippen molar-refractivity contribution in [3.63, 3.8) is 0 Å². The molecule has 0 aliphatic heterocycles. The van der Waals surface area contributed by atoms with E-state index < -0.39 is 5.91 Å². The minimum absolute atomic E-state index is 0.00101. The summed E-state index contributed by atoms with van der Waals surface area (Å²) in [6, 6.07) is -0.0950. The lowest BCUT2D eigenvalue weighted by Crippen LogP contribution is -2.24. The number of nitrogens with zero attached hydrogens (tertiary/aromatic N) is 2. The van der Waals surface area contributed by atoms with Gasteiger partial charge in [0.15, 0.2) is 0 Å². The van der Waals surface area contributed by atoms with Crippen LogP contribution in [0.3, 0.4) is 0 Å². The molecule has 1 amide bonds. The fraction of sp³-hybridized carbons (Fsp3) is 0.444. The average Bonchev–Trinajstić information content (AvgIpc) is 2.26. The number of amides is 1. The summed E-state index contributed by atoms with van der Waals surface area (Å²) in [5.41, 5.74) is 5.16.